The van der Waals surface area contributed by atoms with E-state index in [0.717, 1.165) is 20.8 Å². The molecule has 0 aliphatic carbocycles. The monoisotopic (exact) mass is 574 g/mol. The van der Waals surface area contributed by atoms with Crippen molar-refractivity contribution in [2.24, 2.45) is 0 Å². The molecule has 0 radical (unpaired) electrons. The van der Waals surface area contributed by atoms with E-state index in [4.69, 9.17) is 28.4 Å². The van der Waals surface area contributed by atoms with Crippen molar-refractivity contribution >= 4 is 30.2 Å². The lowest BCUT2D eigenvalue weighted by Gasteiger charge is -2.42. The molecule has 0 aromatic heterocycles. The lowest BCUT2D eigenvalue weighted by molar-refractivity contribution is -0.285. The Hall–Kier alpha value is -4.49. The molecule has 220 valence electrons. The van der Waals surface area contributed by atoms with Crippen LogP contribution in [0.3, 0.4) is 0 Å². The Morgan fingerprint density at radius 1 is 0.902 bits per heavy atom. The second-order valence-electron chi connectivity index (χ2n) is 8.87. The molecule has 0 bridgehead atoms. The van der Waals surface area contributed by atoms with Gasteiger partial charge in [-0.05, 0) is 29.8 Å². The Bertz CT molecular complexity index is 1250. The topological polar surface area (TPSA) is 170 Å². The highest BCUT2D eigenvalue weighted by molar-refractivity contribution is 5.89. The second-order valence-corrected chi connectivity index (χ2v) is 8.87. The van der Waals surface area contributed by atoms with E-state index in [0.29, 0.717) is 17.4 Å². The number of esters is 4. The van der Waals surface area contributed by atoms with Crippen molar-refractivity contribution in [1.82, 2.24) is 0 Å². The summed E-state index contributed by atoms with van der Waals surface area (Å²) in [6.45, 7) is 2.97. The summed E-state index contributed by atoms with van der Waals surface area (Å²) >= 11 is 0. The molecule has 41 heavy (non-hydrogen) atoms. The number of aldehydes is 1. The molecule has 0 saturated carbocycles. The van der Waals surface area contributed by atoms with Crippen molar-refractivity contribution in [2.75, 3.05) is 13.7 Å². The van der Waals surface area contributed by atoms with Crippen LogP contribution in [0.15, 0.2) is 42.5 Å². The Morgan fingerprint density at radius 3 is 2.12 bits per heavy atom. The molecule has 1 fully saturated rings. The Labute approximate surface area is 235 Å². The summed E-state index contributed by atoms with van der Waals surface area (Å²) in [5.74, 6) is -2.59. The van der Waals surface area contributed by atoms with Crippen LogP contribution in [-0.4, -0.2) is 79.7 Å². The molecule has 1 unspecified atom stereocenters. The maximum absolute atomic E-state index is 12.1. The van der Waals surface area contributed by atoms with Crippen molar-refractivity contribution < 1.29 is 62.2 Å². The van der Waals surface area contributed by atoms with Crippen LogP contribution in [0.4, 0.5) is 0 Å². The smallest absolute Gasteiger partial charge is 0.337 e. The van der Waals surface area contributed by atoms with Gasteiger partial charge in [-0.2, -0.15) is 0 Å². The summed E-state index contributed by atoms with van der Waals surface area (Å²) in [7, 11) is 1.28. The van der Waals surface area contributed by atoms with Crippen molar-refractivity contribution in [3.8, 4) is 11.5 Å². The first-order chi connectivity index (χ1) is 19.5. The fourth-order valence-electron chi connectivity index (χ4n) is 3.99. The molecular formula is C28H30O13. The summed E-state index contributed by atoms with van der Waals surface area (Å²) in [5, 5.41) is 11.0. The van der Waals surface area contributed by atoms with E-state index >= 15 is 0 Å². The van der Waals surface area contributed by atoms with E-state index < -0.39 is 61.2 Å². The number of benzene rings is 2. The fraction of sp³-hybridized carbons (Fsp3) is 0.393. The SMILES string of the molecule is COC(=O)c1ccc(COc2cccc(OC3O[C@H](COC(C)=O)[C@@H](OC(C)=O)[C@H](O)[C@H]3OC(C)=O)c2C=O)cc1. The highest BCUT2D eigenvalue weighted by atomic mass is 16.7. The van der Waals surface area contributed by atoms with E-state index in [9.17, 15) is 29.1 Å². The normalized spacial score (nSPS) is 21.6. The molecule has 3 rings (SSSR count). The van der Waals surface area contributed by atoms with Crippen molar-refractivity contribution in [3.05, 3.63) is 59.2 Å². The number of carbonyl (C=O) groups is 5. The van der Waals surface area contributed by atoms with Crippen LogP contribution >= 0.6 is 0 Å². The highest BCUT2D eigenvalue weighted by Crippen LogP contribution is 2.33. The minimum absolute atomic E-state index is 0.0167. The number of aliphatic hydroxyl groups is 1. The number of ether oxygens (including phenoxy) is 7. The number of carbonyl (C=O) groups excluding carboxylic acids is 5. The van der Waals surface area contributed by atoms with Gasteiger partial charge in [0.05, 0.1) is 18.2 Å². The van der Waals surface area contributed by atoms with E-state index in [1.165, 1.54) is 25.3 Å². The molecule has 1 aliphatic rings. The number of rotatable bonds is 11. The molecule has 1 N–H and O–H groups in total. The summed E-state index contributed by atoms with van der Waals surface area (Å²) in [6.07, 6.45) is -6.75. The van der Waals surface area contributed by atoms with Crippen LogP contribution in [0, 0.1) is 0 Å². The lowest BCUT2D eigenvalue weighted by Crippen LogP contribution is -2.62. The van der Waals surface area contributed by atoms with Gasteiger partial charge in [-0.3, -0.25) is 19.2 Å². The van der Waals surface area contributed by atoms with Crippen molar-refractivity contribution in [2.45, 2.75) is 58.1 Å². The van der Waals surface area contributed by atoms with E-state index in [1.807, 2.05) is 0 Å². The molecule has 13 nitrogen and oxygen atoms in total. The minimum Gasteiger partial charge on any atom is -0.488 e. The van der Waals surface area contributed by atoms with Gasteiger partial charge >= 0.3 is 23.9 Å². The first-order valence-electron chi connectivity index (χ1n) is 12.4. The van der Waals surface area contributed by atoms with Gasteiger partial charge in [0, 0.05) is 20.8 Å². The average Bonchev–Trinajstić information content (AvgIpc) is 2.93. The Morgan fingerprint density at radius 2 is 1.54 bits per heavy atom. The molecule has 5 atom stereocenters. The zero-order valence-corrected chi connectivity index (χ0v) is 22.8. The third-order valence-electron chi connectivity index (χ3n) is 5.83. The van der Waals surface area contributed by atoms with Gasteiger partial charge in [0.1, 0.15) is 36.9 Å². The fourth-order valence-corrected chi connectivity index (χ4v) is 3.99. The predicted octanol–water partition coefficient (Wildman–Crippen LogP) is 1.76. The van der Waals surface area contributed by atoms with Crippen LogP contribution in [0.5, 0.6) is 11.5 Å². The van der Waals surface area contributed by atoms with E-state index in [-0.39, 0.29) is 23.7 Å². The summed E-state index contributed by atoms with van der Waals surface area (Å²) in [4.78, 5) is 58.6. The van der Waals surface area contributed by atoms with Gasteiger partial charge in [-0.25, -0.2) is 4.79 Å². The minimum atomic E-state index is -1.64. The number of hydrogen-bond donors (Lipinski definition) is 1. The first kappa shape index (κ1) is 31.0. The van der Waals surface area contributed by atoms with Gasteiger partial charge < -0.3 is 38.3 Å². The summed E-state index contributed by atoms with van der Waals surface area (Å²) in [6, 6.07) is 11.0. The predicted molar refractivity (Wildman–Crippen MR) is 137 cm³/mol. The Kier molecular flexibility index (Phi) is 10.8. The molecule has 1 aliphatic heterocycles. The molecule has 0 amide bonds. The highest BCUT2D eigenvalue weighted by Gasteiger charge is 2.50. The van der Waals surface area contributed by atoms with Gasteiger partial charge in [-0.15, -0.1) is 0 Å². The molecular weight excluding hydrogens is 544 g/mol. The third-order valence-corrected chi connectivity index (χ3v) is 5.83. The molecule has 2 aromatic rings. The van der Waals surface area contributed by atoms with Gasteiger partial charge in [0.25, 0.3) is 0 Å². The van der Waals surface area contributed by atoms with Gasteiger partial charge in [-0.1, -0.05) is 18.2 Å². The molecule has 1 saturated heterocycles. The standard InChI is InChI=1S/C28H30O13/c1-15(30)36-14-23-25(38-16(2)31)24(33)26(39-17(3)32)28(41-23)40-22-7-5-6-21(20(22)12-29)37-13-18-8-10-19(11-9-18)27(34)35-4/h5-12,23-26,28,33H,13-14H2,1-4H3/t23-,24+,25-,26-,28?/m1/s1. The van der Waals surface area contributed by atoms with Gasteiger partial charge in [0.15, 0.2) is 18.5 Å². The van der Waals surface area contributed by atoms with Crippen molar-refractivity contribution in [3.63, 3.8) is 0 Å². The third kappa shape index (κ3) is 8.25. The summed E-state index contributed by atoms with van der Waals surface area (Å²) in [5.41, 5.74) is 1.04. The average molecular weight is 575 g/mol. The van der Waals surface area contributed by atoms with Crippen LogP contribution in [0.25, 0.3) is 0 Å². The van der Waals surface area contributed by atoms with E-state index in [2.05, 4.69) is 4.74 Å². The maximum Gasteiger partial charge on any atom is 0.337 e. The molecule has 1 heterocycles. The van der Waals surface area contributed by atoms with Crippen LogP contribution in [0.1, 0.15) is 47.1 Å². The number of hydrogen-bond acceptors (Lipinski definition) is 13. The molecule has 13 heteroatoms. The Balaban J connectivity index is 1.85. The van der Waals surface area contributed by atoms with Crippen LogP contribution < -0.4 is 9.47 Å². The largest absolute Gasteiger partial charge is 0.488 e. The quantitative estimate of drug-likeness (QED) is 0.234. The number of aliphatic hydroxyl groups excluding tert-OH is 1. The second kappa shape index (κ2) is 14.2. The van der Waals surface area contributed by atoms with Crippen molar-refractivity contribution in [1.29, 1.82) is 0 Å². The van der Waals surface area contributed by atoms with Gasteiger partial charge in [0.2, 0.25) is 6.29 Å². The van der Waals surface area contributed by atoms with E-state index in [1.54, 1.807) is 24.3 Å². The van der Waals surface area contributed by atoms with Crippen LogP contribution in [-0.2, 0) is 44.7 Å². The van der Waals surface area contributed by atoms with Crippen LogP contribution in [0.2, 0.25) is 0 Å². The zero-order valence-electron chi connectivity index (χ0n) is 22.8. The zero-order chi connectivity index (χ0) is 30.1. The lowest BCUT2D eigenvalue weighted by atomic mass is 9.98. The molecule has 0 spiro atoms. The molecule has 2 aromatic carbocycles. The first-order valence-corrected chi connectivity index (χ1v) is 12.4. The summed E-state index contributed by atoms with van der Waals surface area (Å²) < 4.78 is 37.6. The number of methoxy groups -OCH3 is 1. The maximum atomic E-state index is 12.1.